The third kappa shape index (κ3) is 0.956. The first-order chi connectivity index (χ1) is 6.90. The van der Waals surface area contributed by atoms with Gasteiger partial charge in [-0.3, -0.25) is 0 Å². The van der Waals surface area contributed by atoms with E-state index in [0.717, 1.165) is 18.5 Å². The number of hydrazine groups is 1. The van der Waals surface area contributed by atoms with Gasteiger partial charge in [0, 0.05) is 0 Å². The summed E-state index contributed by atoms with van der Waals surface area (Å²) in [6.45, 7) is 0. The van der Waals surface area contributed by atoms with Crippen molar-refractivity contribution in [2.24, 2.45) is 5.84 Å². The average molecular weight is 191 g/mol. The van der Waals surface area contributed by atoms with Gasteiger partial charge >= 0.3 is 0 Å². The first kappa shape index (κ1) is 7.63. The molecule has 0 unspecified atom stereocenters. The van der Waals surface area contributed by atoms with Crippen LogP contribution in [0.2, 0.25) is 0 Å². The van der Waals surface area contributed by atoms with E-state index in [1.807, 2.05) is 4.68 Å². The molecule has 0 saturated heterocycles. The number of nitrogen functional groups attached to an aromatic ring is 1. The highest BCUT2D eigenvalue weighted by Gasteiger charge is 2.27. The van der Waals surface area contributed by atoms with Crippen molar-refractivity contribution in [2.75, 3.05) is 5.43 Å². The van der Waals surface area contributed by atoms with E-state index in [1.165, 1.54) is 6.33 Å². The van der Waals surface area contributed by atoms with Crippen molar-refractivity contribution in [1.82, 2.24) is 25.0 Å². The third-order valence-electron chi connectivity index (χ3n) is 2.29. The molecule has 0 bridgehead atoms. The lowest BCUT2D eigenvalue weighted by Crippen LogP contribution is -2.09. The number of nitrogens with two attached hydrogens (primary N) is 1. The van der Waals surface area contributed by atoms with Crippen LogP contribution >= 0.6 is 0 Å². The maximum absolute atomic E-state index is 5.30. The molecule has 0 spiro atoms. The fourth-order valence-electron chi connectivity index (χ4n) is 1.44. The molecule has 0 atom stereocenters. The molecule has 72 valence electrons. The van der Waals surface area contributed by atoms with Crippen LogP contribution in [-0.2, 0) is 0 Å². The number of rotatable bonds is 2. The number of hydrogen-bond acceptors (Lipinski definition) is 6. The zero-order valence-corrected chi connectivity index (χ0v) is 7.38. The number of anilines is 1. The maximum Gasteiger partial charge on any atom is 0.184 e. The number of nitrogens with one attached hydrogen (secondary N) is 1. The van der Waals surface area contributed by atoms with Crippen LogP contribution in [0.3, 0.4) is 0 Å². The third-order valence-corrected chi connectivity index (χ3v) is 2.29. The lowest BCUT2D eigenvalue weighted by Gasteiger charge is -1.98. The Morgan fingerprint density at radius 1 is 1.43 bits per heavy atom. The lowest BCUT2D eigenvalue weighted by atomic mass is 10.5. The molecular weight excluding hydrogens is 182 g/mol. The predicted octanol–water partition coefficient (Wildman–Crippen LogP) is -0.158. The van der Waals surface area contributed by atoms with Crippen molar-refractivity contribution >= 4 is 17.0 Å². The van der Waals surface area contributed by atoms with E-state index in [1.54, 1.807) is 0 Å². The van der Waals surface area contributed by atoms with Gasteiger partial charge in [0.15, 0.2) is 17.0 Å². The minimum absolute atomic E-state index is 0.459. The molecule has 0 amide bonds. The molecule has 0 aliphatic heterocycles. The van der Waals surface area contributed by atoms with Crippen LogP contribution in [0.25, 0.3) is 11.2 Å². The molecule has 2 aromatic rings. The Hall–Kier alpha value is -1.76. The zero-order chi connectivity index (χ0) is 9.54. The van der Waals surface area contributed by atoms with E-state index >= 15 is 0 Å². The molecule has 14 heavy (non-hydrogen) atoms. The van der Waals surface area contributed by atoms with Crippen LogP contribution in [0.5, 0.6) is 0 Å². The average Bonchev–Trinajstić information content (AvgIpc) is 2.97. The van der Waals surface area contributed by atoms with Gasteiger partial charge in [-0.15, -0.1) is 5.10 Å². The highest BCUT2D eigenvalue weighted by Crippen LogP contribution is 2.35. The van der Waals surface area contributed by atoms with Crippen molar-refractivity contribution in [3.05, 3.63) is 6.33 Å². The molecule has 1 aliphatic rings. The molecule has 7 heteroatoms. The summed E-state index contributed by atoms with van der Waals surface area (Å²) < 4.78 is 1.83. The van der Waals surface area contributed by atoms with Gasteiger partial charge in [-0.25, -0.2) is 20.5 Å². The standard InChI is InChI=1S/C7H9N7/c8-11-6-5-7(10-3-9-6)14(13-12-5)4-1-2-4/h3-4H,1-2,8H2,(H,9,10,11). The highest BCUT2D eigenvalue weighted by molar-refractivity contribution is 5.81. The van der Waals surface area contributed by atoms with Gasteiger partial charge in [-0.1, -0.05) is 5.21 Å². The van der Waals surface area contributed by atoms with Gasteiger partial charge in [0.1, 0.15) is 6.33 Å². The molecule has 0 radical (unpaired) electrons. The molecule has 1 aliphatic carbocycles. The minimum Gasteiger partial charge on any atom is -0.306 e. The van der Waals surface area contributed by atoms with E-state index in [4.69, 9.17) is 5.84 Å². The van der Waals surface area contributed by atoms with Crippen LogP contribution in [0.1, 0.15) is 18.9 Å². The van der Waals surface area contributed by atoms with Gasteiger partial charge in [0.2, 0.25) is 0 Å². The summed E-state index contributed by atoms with van der Waals surface area (Å²) in [7, 11) is 0. The van der Waals surface area contributed by atoms with Crippen molar-refractivity contribution in [1.29, 1.82) is 0 Å². The second kappa shape index (κ2) is 2.61. The quantitative estimate of drug-likeness (QED) is 0.506. The molecule has 3 rings (SSSR count). The second-order valence-corrected chi connectivity index (χ2v) is 3.30. The van der Waals surface area contributed by atoms with Gasteiger partial charge in [0.25, 0.3) is 0 Å². The van der Waals surface area contributed by atoms with Crippen LogP contribution in [0.15, 0.2) is 6.33 Å². The van der Waals surface area contributed by atoms with Crippen molar-refractivity contribution in [3.63, 3.8) is 0 Å². The van der Waals surface area contributed by atoms with Gasteiger partial charge in [-0.05, 0) is 12.8 Å². The van der Waals surface area contributed by atoms with Crippen LogP contribution in [-0.4, -0.2) is 25.0 Å². The molecule has 3 N–H and O–H groups in total. The normalized spacial score (nSPS) is 16.1. The number of nitrogens with zero attached hydrogens (tertiary/aromatic N) is 5. The Kier molecular flexibility index (Phi) is 1.42. The predicted molar refractivity (Wildman–Crippen MR) is 49.2 cm³/mol. The summed E-state index contributed by atoms with van der Waals surface area (Å²) in [5.41, 5.74) is 3.85. The summed E-state index contributed by atoms with van der Waals surface area (Å²) in [6.07, 6.45) is 3.75. The first-order valence-corrected chi connectivity index (χ1v) is 4.42. The Bertz CT molecular complexity index is 472. The van der Waals surface area contributed by atoms with Gasteiger partial charge in [0.05, 0.1) is 6.04 Å². The fourth-order valence-corrected chi connectivity index (χ4v) is 1.44. The van der Waals surface area contributed by atoms with E-state index in [0.29, 0.717) is 17.4 Å². The zero-order valence-electron chi connectivity index (χ0n) is 7.38. The number of aromatic nitrogens is 5. The number of hydrogen-bond donors (Lipinski definition) is 2. The first-order valence-electron chi connectivity index (χ1n) is 4.42. The topological polar surface area (TPSA) is 94.5 Å². The highest BCUT2D eigenvalue weighted by atomic mass is 15.5. The summed E-state index contributed by atoms with van der Waals surface area (Å²) in [4.78, 5) is 8.10. The molecule has 1 saturated carbocycles. The number of fused-ring (bicyclic) bond motifs is 1. The molecule has 1 fully saturated rings. The monoisotopic (exact) mass is 191 g/mol. The Labute approximate surface area is 79.3 Å². The van der Waals surface area contributed by atoms with Crippen LogP contribution in [0.4, 0.5) is 5.82 Å². The lowest BCUT2D eigenvalue weighted by molar-refractivity contribution is 0.624. The minimum atomic E-state index is 0.459. The molecular formula is C7H9N7. The Morgan fingerprint density at radius 3 is 3.00 bits per heavy atom. The summed E-state index contributed by atoms with van der Waals surface area (Å²) in [6, 6.07) is 0.459. The summed E-state index contributed by atoms with van der Waals surface area (Å²) >= 11 is 0. The molecule has 2 heterocycles. The van der Waals surface area contributed by atoms with Gasteiger partial charge in [-0.2, -0.15) is 0 Å². The Morgan fingerprint density at radius 2 is 2.29 bits per heavy atom. The molecule has 7 nitrogen and oxygen atoms in total. The van der Waals surface area contributed by atoms with Crippen molar-refractivity contribution in [3.8, 4) is 0 Å². The van der Waals surface area contributed by atoms with E-state index < -0.39 is 0 Å². The van der Waals surface area contributed by atoms with Crippen LogP contribution in [0, 0.1) is 0 Å². The van der Waals surface area contributed by atoms with E-state index in [2.05, 4.69) is 25.7 Å². The van der Waals surface area contributed by atoms with Crippen LogP contribution < -0.4 is 11.3 Å². The SMILES string of the molecule is NNc1ncnc2c1nnn2C1CC1. The van der Waals surface area contributed by atoms with E-state index in [-0.39, 0.29) is 0 Å². The van der Waals surface area contributed by atoms with Crippen molar-refractivity contribution in [2.45, 2.75) is 18.9 Å². The smallest absolute Gasteiger partial charge is 0.184 e. The second-order valence-electron chi connectivity index (χ2n) is 3.30. The summed E-state index contributed by atoms with van der Waals surface area (Å²) in [5.74, 6) is 5.82. The summed E-state index contributed by atoms with van der Waals surface area (Å²) in [5, 5.41) is 8.03. The van der Waals surface area contributed by atoms with Gasteiger partial charge < -0.3 is 5.43 Å². The fraction of sp³-hybridized carbons (Fsp3) is 0.429. The molecule has 2 aromatic heterocycles. The maximum atomic E-state index is 5.30. The van der Waals surface area contributed by atoms with E-state index in [9.17, 15) is 0 Å². The Balaban J connectivity index is 2.25. The largest absolute Gasteiger partial charge is 0.306 e. The molecule has 0 aromatic carbocycles. The van der Waals surface area contributed by atoms with Crippen molar-refractivity contribution < 1.29 is 0 Å².